The molecule has 1 aliphatic rings. The maximum atomic E-state index is 13.1. The summed E-state index contributed by atoms with van der Waals surface area (Å²) in [5, 5.41) is 2.06. The summed E-state index contributed by atoms with van der Waals surface area (Å²) < 4.78 is 38.6. The summed E-state index contributed by atoms with van der Waals surface area (Å²) in [6.07, 6.45) is 0.772. The molecule has 5 nitrogen and oxygen atoms in total. The molecule has 0 aliphatic carbocycles. The molecule has 0 saturated heterocycles. The Morgan fingerprint density at radius 3 is 2.38 bits per heavy atom. The summed E-state index contributed by atoms with van der Waals surface area (Å²) in [6.45, 7) is 1.08. The van der Waals surface area contributed by atoms with Gasteiger partial charge in [0.1, 0.15) is 0 Å². The second-order valence-corrected chi connectivity index (χ2v) is 8.13. The predicted octanol–water partition coefficient (Wildman–Crippen LogP) is 3.83. The molecule has 0 saturated carbocycles. The molecule has 1 aliphatic heterocycles. The van der Waals surface area contributed by atoms with Crippen LogP contribution in [0.5, 0.6) is 11.5 Å². The molecule has 4 rings (SSSR count). The zero-order valence-corrected chi connectivity index (χ0v) is 15.2. The van der Waals surface area contributed by atoms with Gasteiger partial charge in [0.2, 0.25) is 0 Å². The first kappa shape index (κ1) is 16.7. The van der Waals surface area contributed by atoms with Crippen LogP contribution in [0, 0.1) is 0 Å². The van der Waals surface area contributed by atoms with Crippen LogP contribution in [0.1, 0.15) is 6.42 Å². The van der Waals surface area contributed by atoms with Crippen LogP contribution in [-0.2, 0) is 10.0 Å². The van der Waals surface area contributed by atoms with E-state index >= 15 is 0 Å². The van der Waals surface area contributed by atoms with E-state index in [1.807, 2.05) is 42.5 Å². The van der Waals surface area contributed by atoms with Gasteiger partial charge in [0.05, 0.1) is 23.8 Å². The number of sulfonamides is 1. The van der Waals surface area contributed by atoms with E-state index in [1.54, 1.807) is 19.2 Å². The van der Waals surface area contributed by atoms with Crippen molar-refractivity contribution in [2.45, 2.75) is 11.3 Å². The van der Waals surface area contributed by atoms with Gasteiger partial charge in [-0.15, -0.1) is 0 Å². The lowest BCUT2D eigenvalue weighted by molar-refractivity contribution is 0.297. The van der Waals surface area contributed by atoms with Gasteiger partial charge in [-0.05, 0) is 35.0 Å². The SMILES string of the molecule is CN(c1ccc2ccccc2c1)S(=O)(=O)c1ccc2c(c1)OCCCO2. The van der Waals surface area contributed by atoms with Crippen LogP contribution in [0.4, 0.5) is 5.69 Å². The highest BCUT2D eigenvalue weighted by atomic mass is 32.2. The van der Waals surface area contributed by atoms with E-state index < -0.39 is 10.0 Å². The summed E-state index contributed by atoms with van der Waals surface area (Å²) in [5.41, 5.74) is 0.607. The van der Waals surface area contributed by atoms with Gasteiger partial charge in [0.25, 0.3) is 10.0 Å². The minimum atomic E-state index is -3.71. The number of ether oxygens (including phenoxy) is 2. The van der Waals surface area contributed by atoms with Crippen molar-refractivity contribution in [1.29, 1.82) is 0 Å². The van der Waals surface area contributed by atoms with Crippen molar-refractivity contribution in [2.75, 3.05) is 24.6 Å². The molecule has 0 amide bonds. The largest absolute Gasteiger partial charge is 0.490 e. The number of rotatable bonds is 3. The molecule has 0 unspecified atom stereocenters. The van der Waals surface area contributed by atoms with E-state index in [-0.39, 0.29) is 4.90 Å². The highest BCUT2D eigenvalue weighted by Crippen LogP contribution is 2.34. The molecule has 0 N–H and O–H groups in total. The molecule has 134 valence electrons. The second kappa shape index (κ2) is 6.53. The van der Waals surface area contributed by atoms with Crippen molar-refractivity contribution in [1.82, 2.24) is 0 Å². The smallest absolute Gasteiger partial charge is 0.264 e. The molecule has 0 spiro atoms. The molecule has 1 heterocycles. The van der Waals surface area contributed by atoms with Crippen molar-refractivity contribution < 1.29 is 17.9 Å². The van der Waals surface area contributed by atoms with Crippen LogP contribution in [0.15, 0.2) is 65.6 Å². The standard InChI is InChI=1S/C20H19NO4S/c1-21(17-8-7-15-5-2-3-6-16(15)13-17)26(22,23)18-9-10-19-20(14-18)25-12-4-11-24-19/h2-3,5-10,13-14H,4,11-12H2,1H3. The molecule has 0 radical (unpaired) electrons. The van der Waals surface area contributed by atoms with E-state index in [4.69, 9.17) is 9.47 Å². The van der Waals surface area contributed by atoms with E-state index in [0.29, 0.717) is 30.4 Å². The normalized spacial score (nSPS) is 14.0. The Bertz CT molecular complexity index is 1060. The van der Waals surface area contributed by atoms with Gasteiger partial charge in [0.15, 0.2) is 11.5 Å². The molecule has 26 heavy (non-hydrogen) atoms. The number of hydrogen-bond donors (Lipinski definition) is 0. The summed E-state index contributed by atoms with van der Waals surface area (Å²) in [7, 11) is -2.15. The molecule has 0 atom stereocenters. The van der Waals surface area contributed by atoms with Gasteiger partial charge in [-0.1, -0.05) is 30.3 Å². The van der Waals surface area contributed by atoms with Gasteiger partial charge >= 0.3 is 0 Å². The van der Waals surface area contributed by atoms with Crippen molar-refractivity contribution in [2.24, 2.45) is 0 Å². The van der Waals surface area contributed by atoms with Crippen LogP contribution < -0.4 is 13.8 Å². The lowest BCUT2D eigenvalue weighted by Gasteiger charge is -2.20. The van der Waals surface area contributed by atoms with Gasteiger partial charge in [-0.2, -0.15) is 0 Å². The minimum Gasteiger partial charge on any atom is -0.490 e. The number of hydrogen-bond acceptors (Lipinski definition) is 4. The third kappa shape index (κ3) is 2.97. The maximum Gasteiger partial charge on any atom is 0.264 e. The third-order valence-electron chi connectivity index (χ3n) is 4.47. The molecule has 3 aromatic carbocycles. The first-order valence-electron chi connectivity index (χ1n) is 8.43. The fourth-order valence-electron chi connectivity index (χ4n) is 2.97. The van der Waals surface area contributed by atoms with Gasteiger partial charge in [-0.25, -0.2) is 8.42 Å². The highest BCUT2D eigenvalue weighted by molar-refractivity contribution is 7.92. The van der Waals surface area contributed by atoms with Gasteiger partial charge in [0, 0.05) is 19.5 Å². The molecular formula is C20H19NO4S. The maximum absolute atomic E-state index is 13.1. The summed E-state index contributed by atoms with van der Waals surface area (Å²) in [5.74, 6) is 1.05. The third-order valence-corrected chi connectivity index (χ3v) is 6.26. The second-order valence-electron chi connectivity index (χ2n) is 6.16. The van der Waals surface area contributed by atoms with Crippen molar-refractivity contribution >= 4 is 26.5 Å². The lowest BCUT2D eigenvalue weighted by atomic mass is 10.1. The molecule has 6 heteroatoms. The van der Waals surface area contributed by atoms with Crippen molar-refractivity contribution in [3.63, 3.8) is 0 Å². The highest BCUT2D eigenvalue weighted by Gasteiger charge is 2.24. The fourth-order valence-corrected chi connectivity index (χ4v) is 4.18. The Morgan fingerprint density at radius 2 is 1.58 bits per heavy atom. The van der Waals surface area contributed by atoms with Crippen LogP contribution in [-0.4, -0.2) is 28.7 Å². The van der Waals surface area contributed by atoms with Crippen LogP contribution in [0.2, 0.25) is 0 Å². The first-order valence-corrected chi connectivity index (χ1v) is 9.87. The first-order chi connectivity index (χ1) is 12.6. The molecule has 0 bridgehead atoms. The number of anilines is 1. The Labute approximate surface area is 152 Å². The Kier molecular flexibility index (Phi) is 4.20. The molecular weight excluding hydrogens is 350 g/mol. The van der Waals surface area contributed by atoms with Crippen LogP contribution >= 0.6 is 0 Å². The van der Waals surface area contributed by atoms with Crippen molar-refractivity contribution in [3.8, 4) is 11.5 Å². The van der Waals surface area contributed by atoms with E-state index in [0.717, 1.165) is 17.2 Å². The van der Waals surface area contributed by atoms with Crippen molar-refractivity contribution in [3.05, 3.63) is 60.7 Å². The average Bonchev–Trinajstić information content (AvgIpc) is 2.91. The number of fused-ring (bicyclic) bond motifs is 2. The van der Waals surface area contributed by atoms with Gasteiger partial charge in [-0.3, -0.25) is 4.31 Å². The zero-order valence-electron chi connectivity index (χ0n) is 14.4. The predicted molar refractivity (Wildman–Crippen MR) is 102 cm³/mol. The average molecular weight is 369 g/mol. The summed E-state index contributed by atoms with van der Waals surface area (Å²) in [6, 6.07) is 18.2. The van der Waals surface area contributed by atoms with Crippen LogP contribution in [0.25, 0.3) is 10.8 Å². The van der Waals surface area contributed by atoms with E-state index in [2.05, 4.69) is 0 Å². The quantitative estimate of drug-likeness (QED) is 0.704. The van der Waals surface area contributed by atoms with Gasteiger partial charge < -0.3 is 9.47 Å². The molecule has 0 fully saturated rings. The topological polar surface area (TPSA) is 55.8 Å². The monoisotopic (exact) mass is 369 g/mol. The minimum absolute atomic E-state index is 0.178. The Morgan fingerprint density at radius 1 is 0.846 bits per heavy atom. The zero-order chi connectivity index (χ0) is 18.1. The van der Waals surface area contributed by atoms with E-state index in [1.165, 1.54) is 10.4 Å². The molecule has 3 aromatic rings. The Balaban J connectivity index is 1.72. The summed E-state index contributed by atoms with van der Waals surface area (Å²) in [4.78, 5) is 0.178. The lowest BCUT2D eigenvalue weighted by Crippen LogP contribution is -2.26. The van der Waals surface area contributed by atoms with E-state index in [9.17, 15) is 8.42 Å². The molecule has 0 aromatic heterocycles. The number of nitrogens with zero attached hydrogens (tertiary/aromatic N) is 1. The summed E-state index contributed by atoms with van der Waals surface area (Å²) >= 11 is 0. The fraction of sp³-hybridized carbons (Fsp3) is 0.200. The number of benzene rings is 3. The van der Waals surface area contributed by atoms with Crippen LogP contribution in [0.3, 0.4) is 0 Å². The Hall–Kier alpha value is -2.73.